The van der Waals surface area contributed by atoms with Crippen molar-refractivity contribution in [2.45, 2.75) is 69.4 Å². The van der Waals surface area contributed by atoms with E-state index in [1.807, 2.05) is 51.1 Å². The summed E-state index contributed by atoms with van der Waals surface area (Å²) in [5, 5.41) is 10.6. The summed E-state index contributed by atoms with van der Waals surface area (Å²) in [6, 6.07) is 7.87. The summed E-state index contributed by atoms with van der Waals surface area (Å²) in [6.45, 7) is 13.7. The predicted octanol–water partition coefficient (Wildman–Crippen LogP) is 2.42. The van der Waals surface area contributed by atoms with Gasteiger partial charge < -0.3 is 24.5 Å². The topological polar surface area (TPSA) is 90.4 Å². The van der Waals surface area contributed by atoms with Gasteiger partial charge in [0.2, 0.25) is 17.7 Å². The molecule has 8 heteroatoms. The Hall–Kier alpha value is -2.97. The minimum absolute atomic E-state index is 0.139. The Labute approximate surface area is 225 Å². The van der Waals surface area contributed by atoms with Crippen LogP contribution in [0.15, 0.2) is 55.6 Å². The lowest BCUT2D eigenvalue weighted by atomic mass is 9.66. The van der Waals surface area contributed by atoms with Crippen molar-refractivity contribution in [2.75, 3.05) is 26.7 Å². The van der Waals surface area contributed by atoms with Crippen LogP contribution >= 0.6 is 0 Å². The highest BCUT2D eigenvalue weighted by Crippen LogP contribution is 2.63. The smallest absolute Gasteiger partial charge is 0.248 e. The van der Waals surface area contributed by atoms with Crippen LogP contribution < -0.4 is 0 Å². The molecule has 2 unspecified atom stereocenters. The molecule has 0 aliphatic carbocycles. The Morgan fingerprint density at radius 2 is 1.82 bits per heavy atom. The highest BCUT2D eigenvalue weighted by atomic mass is 16.5. The van der Waals surface area contributed by atoms with Crippen molar-refractivity contribution in [3.8, 4) is 0 Å². The van der Waals surface area contributed by atoms with E-state index in [9.17, 15) is 19.5 Å². The number of carbonyl (C=O) groups is 3. The Morgan fingerprint density at radius 1 is 1.16 bits per heavy atom. The second kappa shape index (κ2) is 10.7. The van der Waals surface area contributed by atoms with Crippen molar-refractivity contribution in [1.29, 1.82) is 0 Å². The molecular formula is C30H41N3O5. The number of ether oxygens (including phenoxy) is 1. The molecule has 3 amide bonds. The third-order valence-electron chi connectivity index (χ3n) is 8.64. The number of likely N-dealkylation sites (tertiary alicyclic amines) is 1. The van der Waals surface area contributed by atoms with E-state index >= 15 is 0 Å². The van der Waals surface area contributed by atoms with Gasteiger partial charge in [0.15, 0.2) is 0 Å². The van der Waals surface area contributed by atoms with Crippen molar-refractivity contribution in [3.05, 3.63) is 61.2 Å². The first-order valence-corrected chi connectivity index (χ1v) is 13.5. The maximum Gasteiger partial charge on any atom is 0.248 e. The van der Waals surface area contributed by atoms with Gasteiger partial charge in [0.1, 0.15) is 11.6 Å². The van der Waals surface area contributed by atoms with Crippen molar-refractivity contribution in [2.24, 2.45) is 11.8 Å². The molecule has 0 saturated carbocycles. The average Bonchev–Trinajstić information content (AvgIpc) is 3.46. The normalized spacial score (nSPS) is 30.3. The number of hydrogen-bond acceptors (Lipinski definition) is 5. The van der Waals surface area contributed by atoms with Crippen LogP contribution in [0.3, 0.4) is 0 Å². The molecule has 206 valence electrons. The van der Waals surface area contributed by atoms with E-state index in [-0.39, 0.29) is 30.4 Å². The highest BCUT2D eigenvalue weighted by Gasteiger charge is 2.78. The van der Waals surface area contributed by atoms with E-state index < -0.39 is 35.1 Å². The Kier molecular flexibility index (Phi) is 7.86. The number of fused-ring (bicyclic) bond motifs is 1. The molecule has 0 aromatic heterocycles. The summed E-state index contributed by atoms with van der Waals surface area (Å²) in [6.07, 6.45) is 4.76. The minimum Gasteiger partial charge on any atom is -0.394 e. The first kappa shape index (κ1) is 28.0. The summed E-state index contributed by atoms with van der Waals surface area (Å²) in [5.74, 6) is -2.25. The molecule has 38 heavy (non-hydrogen) atoms. The number of likely N-dealkylation sites (N-methyl/N-ethyl adjacent to an activating group) is 1. The van der Waals surface area contributed by atoms with Crippen LogP contribution in [0.4, 0.5) is 0 Å². The zero-order chi connectivity index (χ0) is 27.8. The molecule has 3 aliphatic rings. The van der Waals surface area contributed by atoms with Crippen molar-refractivity contribution in [3.63, 3.8) is 0 Å². The molecule has 1 spiro atoms. The van der Waals surface area contributed by atoms with Gasteiger partial charge in [0.25, 0.3) is 0 Å². The third kappa shape index (κ3) is 4.37. The zero-order valence-corrected chi connectivity index (χ0v) is 23.0. The first-order valence-electron chi connectivity index (χ1n) is 13.5. The fourth-order valence-electron chi connectivity index (χ4n) is 6.92. The van der Waals surface area contributed by atoms with Crippen LogP contribution in [0, 0.1) is 11.8 Å². The number of rotatable bonds is 11. The lowest BCUT2D eigenvalue weighted by Gasteiger charge is -2.40. The molecule has 3 heterocycles. The fourth-order valence-corrected chi connectivity index (χ4v) is 6.92. The van der Waals surface area contributed by atoms with Crippen molar-refractivity contribution in [1.82, 2.24) is 14.7 Å². The van der Waals surface area contributed by atoms with E-state index in [0.717, 1.165) is 5.56 Å². The zero-order valence-electron chi connectivity index (χ0n) is 23.0. The van der Waals surface area contributed by atoms with Gasteiger partial charge in [-0.05, 0) is 45.6 Å². The van der Waals surface area contributed by atoms with Crippen LogP contribution in [-0.4, -0.2) is 93.6 Å². The van der Waals surface area contributed by atoms with Crippen LogP contribution in [0.1, 0.15) is 39.2 Å². The van der Waals surface area contributed by atoms with Gasteiger partial charge in [0, 0.05) is 26.2 Å². The molecule has 6 atom stereocenters. The Bertz CT molecular complexity index is 1090. The van der Waals surface area contributed by atoms with Crippen LogP contribution in [-0.2, 0) is 25.5 Å². The third-order valence-corrected chi connectivity index (χ3v) is 8.64. The number of carbonyl (C=O) groups excluding carboxylic acids is 3. The summed E-state index contributed by atoms with van der Waals surface area (Å²) in [4.78, 5) is 47.3. The van der Waals surface area contributed by atoms with Gasteiger partial charge >= 0.3 is 0 Å². The molecule has 3 aliphatic heterocycles. The van der Waals surface area contributed by atoms with Crippen molar-refractivity contribution < 1.29 is 24.2 Å². The number of nitrogens with zero attached hydrogens (tertiary/aromatic N) is 3. The molecule has 3 saturated heterocycles. The molecule has 2 bridgehead atoms. The Morgan fingerprint density at radius 3 is 2.39 bits per heavy atom. The van der Waals surface area contributed by atoms with Gasteiger partial charge in [-0.2, -0.15) is 0 Å². The van der Waals surface area contributed by atoms with Crippen LogP contribution in [0.2, 0.25) is 0 Å². The first-order chi connectivity index (χ1) is 18.1. The quantitative estimate of drug-likeness (QED) is 0.450. The van der Waals surface area contributed by atoms with E-state index in [0.29, 0.717) is 32.4 Å². The summed E-state index contributed by atoms with van der Waals surface area (Å²) in [7, 11) is 1.70. The molecule has 0 radical (unpaired) electrons. The average molecular weight is 524 g/mol. The SMILES string of the molecule is C=CCN(C)C(=O)[C@@H]1[C@H]2C(=O)N([C@@H](CO)Cc3ccccc3)C(C(=O)N(CC=C)C(C)C)C23CC[C@@]1(C)O3. The molecule has 1 N–H and O–H groups in total. The largest absolute Gasteiger partial charge is 0.394 e. The second-order valence-electron chi connectivity index (χ2n) is 11.4. The van der Waals surface area contributed by atoms with Crippen LogP contribution in [0.25, 0.3) is 0 Å². The maximum absolute atomic E-state index is 14.4. The lowest BCUT2D eigenvalue weighted by Crippen LogP contribution is -2.60. The molecule has 4 rings (SSSR count). The summed E-state index contributed by atoms with van der Waals surface area (Å²) in [5.41, 5.74) is -1.05. The van der Waals surface area contributed by atoms with Crippen LogP contribution in [0.5, 0.6) is 0 Å². The highest BCUT2D eigenvalue weighted by molar-refractivity contribution is 5.99. The molecular weight excluding hydrogens is 482 g/mol. The number of aliphatic hydroxyl groups is 1. The maximum atomic E-state index is 14.4. The van der Waals surface area contributed by atoms with Gasteiger partial charge in [-0.3, -0.25) is 14.4 Å². The van der Waals surface area contributed by atoms with E-state index in [1.54, 1.807) is 33.9 Å². The molecule has 8 nitrogen and oxygen atoms in total. The van der Waals surface area contributed by atoms with Crippen molar-refractivity contribution >= 4 is 17.7 Å². The fraction of sp³-hybridized carbons (Fsp3) is 0.567. The van der Waals surface area contributed by atoms with E-state index in [1.165, 1.54) is 0 Å². The molecule has 1 aromatic carbocycles. The minimum atomic E-state index is -1.14. The van der Waals surface area contributed by atoms with Gasteiger partial charge in [0.05, 0.1) is 30.1 Å². The van der Waals surface area contributed by atoms with E-state index in [4.69, 9.17) is 4.74 Å². The van der Waals surface area contributed by atoms with Gasteiger partial charge in [-0.15, -0.1) is 13.2 Å². The lowest BCUT2D eigenvalue weighted by molar-refractivity contribution is -0.157. The van der Waals surface area contributed by atoms with E-state index in [2.05, 4.69) is 13.2 Å². The van der Waals surface area contributed by atoms with Gasteiger partial charge in [-0.1, -0.05) is 42.5 Å². The number of amides is 3. The second-order valence-corrected chi connectivity index (χ2v) is 11.4. The molecule has 3 fully saturated rings. The number of benzene rings is 1. The molecule has 1 aromatic rings. The summed E-state index contributed by atoms with van der Waals surface area (Å²) < 4.78 is 6.73. The monoisotopic (exact) mass is 523 g/mol. The number of aliphatic hydroxyl groups excluding tert-OH is 1. The summed E-state index contributed by atoms with van der Waals surface area (Å²) >= 11 is 0. The Balaban J connectivity index is 1.83. The number of hydrogen-bond donors (Lipinski definition) is 1. The van der Waals surface area contributed by atoms with Gasteiger partial charge in [-0.25, -0.2) is 0 Å². The predicted molar refractivity (Wildman–Crippen MR) is 145 cm³/mol. The standard InChI is InChI=1S/C30H41N3O5/c1-7-16-31(6)26(35)23-24-27(36)33(22(19-34)18-21-12-10-9-11-13-21)25(28(37)32(17-8-2)20(3)4)30(24)15-14-29(23,5)38-30/h7-13,20,22-25,34H,1-2,14-19H2,3-6H3/t22-,23+,24+,25?,29-,30?/m1/s1.